The highest BCUT2D eigenvalue weighted by atomic mass is 79.9. The van der Waals surface area contributed by atoms with Gasteiger partial charge in [-0.15, -0.1) is 0 Å². The second-order valence-corrected chi connectivity index (χ2v) is 14.1. The molecule has 3 N–H and O–H groups in total. The number of aliphatic hydroxyl groups is 1. The molecule has 0 amide bonds. The zero-order chi connectivity index (χ0) is 41.7. The molecular weight excluding hydrogens is 794 g/mol. The second-order valence-electron chi connectivity index (χ2n) is 13.3. The number of phenolic OH excluding ortho intramolecular Hbond substituents is 1. The van der Waals surface area contributed by atoms with Gasteiger partial charge in [0.2, 0.25) is 5.60 Å². The molecule has 1 atom stereocenters. The zero-order valence-corrected chi connectivity index (χ0v) is 33.7. The Morgan fingerprint density at radius 3 is 1.82 bits per heavy atom. The molecule has 0 bridgehead atoms. The van der Waals surface area contributed by atoms with Gasteiger partial charge in [0.05, 0.1) is 30.6 Å². The molecule has 15 nitrogen and oxygen atoms in total. The smallest absolute Gasteiger partial charge is 0.356 e. The Balaban J connectivity index is 1.53. The number of benzene rings is 3. The van der Waals surface area contributed by atoms with Crippen LogP contribution in [0.2, 0.25) is 0 Å². The van der Waals surface area contributed by atoms with Gasteiger partial charge >= 0.3 is 23.9 Å². The van der Waals surface area contributed by atoms with E-state index in [0.29, 0.717) is 27.8 Å². The number of carboxylic acids is 1. The largest absolute Gasteiger partial charge is 0.506 e. The molecule has 0 aliphatic heterocycles. The number of rotatable bonds is 9. The Kier molecular flexibility index (Phi) is 11.1. The average molecular weight is 833 g/mol. The summed E-state index contributed by atoms with van der Waals surface area (Å²) in [6.07, 6.45) is 4.79. The molecule has 292 valence electrons. The van der Waals surface area contributed by atoms with Gasteiger partial charge in [-0.1, -0.05) is 0 Å². The number of halogens is 1. The van der Waals surface area contributed by atoms with Gasteiger partial charge in [-0.05, 0) is 135 Å². The van der Waals surface area contributed by atoms with E-state index >= 15 is 0 Å². The predicted molar refractivity (Wildman–Crippen MR) is 203 cm³/mol. The van der Waals surface area contributed by atoms with Crippen molar-refractivity contribution in [1.82, 2.24) is 15.0 Å². The van der Waals surface area contributed by atoms with Crippen molar-refractivity contribution in [2.45, 2.75) is 67.9 Å². The lowest BCUT2D eigenvalue weighted by atomic mass is 9.87. The minimum Gasteiger partial charge on any atom is -0.506 e. The molecule has 0 radical (unpaired) electrons. The quantitative estimate of drug-likeness (QED) is 0.130. The summed E-state index contributed by atoms with van der Waals surface area (Å²) in [7, 11) is 1.18. The van der Waals surface area contributed by atoms with E-state index in [1.54, 1.807) is 41.5 Å². The number of aromatic nitrogens is 3. The van der Waals surface area contributed by atoms with Crippen molar-refractivity contribution in [3.63, 3.8) is 0 Å². The summed E-state index contributed by atoms with van der Waals surface area (Å²) in [5, 5.41) is 40.8. The standard InChI is InChI=1S/C40H38BrN3O12/c1-16-13-26(24(9)32(44-42-11-12-43-44)28(16)37(49)55-34-21(6)18(3)29(36(47)48)19(4)22(34)7)54-38(50)30-20(5)23(8)35(31(41)33(30)46)56-39(51)40(52)17(2)14-25(45)15-27(40)53-10/h11-15,46,52H,1-10H3,(H,47,48)/t40-/m1/s1. The number of ketones is 1. The summed E-state index contributed by atoms with van der Waals surface area (Å²) in [5.74, 6) is -5.68. The van der Waals surface area contributed by atoms with Crippen LogP contribution in [0, 0.1) is 55.4 Å². The van der Waals surface area contributed by atoms with Crippen LogP contribution in [0.1, 0.15) is 82.5 Å². The topological polar surface area (TPSA) is 214 Å². The number of nitrogens with zero attached hydrogens (tertiary/aromatic N) is 3. The van der Waals surface area contributed by atoms with Gasteiger partial charge in [0.25, 0.3) is 0 Å². The van der Waals surface area contributed by atoms with E-state index in [2.05, 4.69) is 26.1 Å². The first-order chi connectivity index (χ1) is 26.2. The lowest BCUT2D eigenvalue weighted by Crippen LogP contribution is -2.47. The summed E-state index contributed by atoms with van der Waals surface area (Å²) < 4.78 is 22.3. The SMILES string of the molecule is COC1=CC(=O)C=C(C)[C@]1(O)C(=O)Oc1c(C)c(C)c(C(=O)Oc2cc(C)c(C(=O)Oc3c(C)c(C)c(C(=O)O)c(C)c3C)c(-n3nccn3)c2C)c(O)c1Br. The number of methoxy groups -OCH3 is 1. The highest BCUT2D eigenvalue weighted by molar-refractivity contribution is 9.10. The number of aromatic hydroxyl groups is 1. The number of aryl methyl sites for hydroxylation is 1. The Bertz CT molecular complexity index is 2410. The van der Waals surface area contributed by atoms with E-state index in [4.69, 9.17) is 18.9 Å². The Hall–Kier alpha value is -6.13. The highest BCUT2D eigenvalue weighted by Gasteiger charge is 2.48. The molecule has 1 aliphatic carbocycles. The van der Waals surface area contributed by atoms with Crippen molar-refractivity contribution in [2.75, 3.05) is 7.11 Å². The number of hydrogen-bond donors (Lipinski definition) is 3. The fourth-order valence-electron chi connectivity index (χ4n) is 6.57. The summed E-state index contributed by atoms with van der Waals surface area (Å²) >= 11 is 3.21. The molecule has 56 heavy (non-hydrogen) atoms. The van der Waals surface area contributed by atoms with Crippen molar-refractivity contribution >= 4 is 45.6 Å². The molecule has 3 aromatic carbocycles. The molecule has 0 fully saturated rings. The van der Waals surface area contributed by atoms with Gasteiger partial charge in [0, 0.05) is 11.6 Å². The Labute approximate surface area is 329 Å². The number of phenols is 1. The number of esters is 3. The van der Waals surface area contributed by atoms with Crippen molar-refractivity contribution < 1.29 is 58.2 Å². The van der Waals surface area contributed by atoms with Gasteiger partial charge in [-0.25, -0.2) is 19.2 Å². The van der Waals surface area contributed by atoms with Crippen LogP contribution < -0.4 is 14.2 Å². The number of carbonyl (C=O) groups excluding carboxylic acids is 4. The molecule has 5 rings (SSSR count). The molecule has 0 saturated heterocycles. The molecule has 0 spiro atoms. The van der Waals surface area contributed by atoms with Gasteiger partial charge in [0.1, 0.15) is 38.7 Å². The van der Waals surface area contributed by atoms with Crippen molar-refractivity contribution in [1.29, 1.82) is 0 Å². The molecule has 1 aliphatic rings. The van der Waals surface area contributed by atoms with Gasteiger partial charge in [-0.3, -0.25) is 4.79 Å². The molecule has 0 unspecified atom stereocenters. The van der Waals surface area contributed by atoms with Crippen molar-refractivity contribution in [3.05, 3.63) is 108 Å². The lowest BCUT2D eigenvalue weighted by molar-refractivity contribution is -0.151. The van der Waals surface area contributed by atoms with Crippen LogP contribution >= 0.6 is 15.9 Å². The third-order valence-electron chi connectivity index (χ3n) is 10.1. The third-order valence-corrected chi connectivity index (χ3v) is 10.8. The predicted octanol–water partition coefficient (Wildman–Crippen LogP) is 6.04. The van der Waals surface area contributed by atoms with Crippen LogP contribution in [-0.2, 0) is 14.3 Å². The third kappa shape index (κ3) is 6.74. The van der Waals surface area contributed by atoms with Crippen LogP contribution in [0.15, 0.2) is 46.4 Å². The summed E-state index contributed by atoms with van der Waals surface area (Å²) in [4.78, 5) is 66.5. The minimum atomic E-state index is -2.45. The minimum absolute atomic E-state index is 0.0143. The van der Waals surface area contributed by atoms with E-state index in [-0.39, 0.29) is 72.1 Å². The second kappa shape index (κ2) is 15.2. The molecule has 1 heterocycles. The maximum Gasteiger partial charge on any atom is 0.356 e. The first-order valence-electron chi connectivity index (χ1n) is 16.9. The van der Waals surface area contributed by atoms with E-state index in [9.17, 15) is 39.3 Å². The Morgan fingerprint density at radius 1 is 0.732 bits per heavy atom. The molecule has 1 aromatic heterocycles. The fraction of sp³-hybridized carbons (Fsp3) is 0.275. The van der Waals surface area contributed by atoms with E-state index in [1.807, 2.05) is 0 Å². The van der Waals surface area contributed by atoms with Crippen molar-refractivity contribution in [3.8, 4) is 28.7 Å². The molecular formula is C40H38BrN3O12. The van der Waals surface area contributed by atoms with E-state index in [0.717, 1.165) is 12.2 Å². The zero-order valence-electron chi connectivity index (χ0n) is 32.1. The first-order valence-corrected chi connectivity index (χ1v) is 17.7. The number of aromatic carboxylic acids is 1. The number of ether oxygens (including phenoxy) is 4. The monoisotopic (exact) mass is 831 g/mol. The van der Waals surface area contributed by atoms with Crippen molar-refractivity contribution in [2.24, 2.45) is 0 Å². The number of allylic oxidation sites excluding steroid dienone is 2. The van der Waals surface area contributed by atoms with Crippen LogP contribution in [-0.4, -0.2) is 72.7 Å². The maximum absolute atomic E-state index is 14.0. The molecule has 4 aromatic rings. The van der Waals surface area contributed by atoms with Gasteiger partial charge < -0.3 is 34.3 Å². The first kappa shape index (κ1) is 41.0. The number of carboxylic acid groups (broad SMARTS) is 1. The number of carbonyl (C=O) groups is 5. The van der Waals surface area contributed by atoms with Crippen LogP contribution in [0.5, 0.6) is 23.0 Å². The lowest BCUT2D eigenvalue weighted by Gasteiger charge is -2.30. The summed E-state index contributed by atoms with van der Waals surface area (Å²) in [6.45, 7) is 14.1. The molecule has 0 saturated carbocycles. The van der Waals surface area contributed by atoms with Gasteiger partial charge in [0.15, 0.2) is 11.5 Å². The van der Waals surface area contributed by atoms with E-state index < -0.39 is 41.0 Å². The number of hydrogen-bond acceptors (Lipinski definition) is 13. The van der Waals surface area contributed by atoms with E-state index in [1.165, 1.54) is 51.1 Å². The Morgan fingerprint density at radius 2 is 1.27 bits per heavy atom. The average Bonchev–Trinajstić information content (AvgIpc) is 3.67. The van der Waals surface area contributed by atoms with Crippen LogP contribution in [0.25, 0.3) is 5.69 Å². The summed E-state index contributed by atoms with van der Waals surface area (Å²) in [5.41, 5.74) is 0.270. The van der Waals surface area contributed by atoms with Crippen LogP contribution in [0.3, 0.4) is 0 Å². The van der Waals surface area contributed by atoms with Gasteiger partial charge in [-0.2, -0.15) is 15.0 Å². The normalized spacial score (nSPS) is 15.2. The summed E-state index contributed by atoms with van der Waals surface area (Å²) in [6, 6.07) is 1.44. The van der Waals surface area contributed by atoms with Crippen LogP contribution in [0.4, 0.5) is 0 Å². The highest BCUT2D eigenvalue weighted by Crippen LogP contribution is 2.44. The fourth-order valence-corrected chi connectivity index (χ4v) is 7.15. The maximum atomic E-state index is 14.0. The molecule has 16 heteroatoms.